The van der Waals surface area contributed by atoms with Crippen LogP contribution in [0.15, 0.2) is 164 Å². The first-order valence-electron chi connectivity index (χ1n) is 17.2. The van der Waals surface area contributed by atoms with Crippen molar-refractivity contribution in [3.8, 4) is 67.5 Å². The predicted molar refractivity (Wildman–Crippen MR) is 214 cm³/mol. The van der Waals surface area contributed by atoms with Crippen LogP contribution in [0.2, 0.25) is 0 Å². The third-order valence-corrected chi connectivity index (χ3v) is 11.4. The highest BCUT2D eigenvalue weighted by Crippen LogP contribution is 2.51. The molecule has 0 unspecified atom stereocenters. The molecule has 1 aliphatic carbocycles. The summed E-state index contributed by atoms with van der Waals surface area (Å²) in [5.74, 6) is 1.99. The molecule has 0 aliphatic heterocycles. The van der Waals surface area contributed by atoms with Crippen LogP contribution in [0.1, 0.15) is 0 Å². The number of aromatic nitrogens is 3. The molecule has 0 atom stereocenters. The van der Waals surface area contributed by atoms with Gasteiger partial charge in [-0.1, -0.05) is 140 Å². The van der Waals surface area contributed by atoms with Crippen molar-refractivity contribution in [3.05, 3.63) is 164 Å². The van der Waals surface area contributed by atoms with E-state index in [0.29, 0.717) is 17.5 Å². The first-order valence-corrected chi connectivity index (χ1v) is 18.0. The Morgan fingerprint density at radius 1 is 0.314 bits per heavy atom. The van der Waals surface area contributed by atoms with Crippen LogP contribution in [0.5, 0.6) is 0 Å². The van der Waals surface area contributed by atoms with Crippen molar-refractivity contribution in [1.82, 2.24) is 15.0 Å². The maximum atomic E-state index is 5.23. The fraction of sp³-hybridized carbons (Fsp3) is 0. The number of hydrogen-bond donors (Lipinski definition) is 0. The Morgan fingerprint density at radius 2 is 0.902 bits per heavy atom. The van der Waals surface area contributed by atoms with Gasteiger partial charge in [-0.25, -0.2) is 15.0 Å². The maximum Gasteiger partial charge on any atom is 0.164 e. The molecule has 0 N–H and O–H groups in total. The largest absolute Gasteiger partial charge is 0.208 e. The van der Waals surface area contributed by atoms with E-state index in [1.165, 1.54) is 64.1 Å². The van der Waals surface area contributed by atoms with Gasteiger partial charge in [-0.3, -0.25) is 0 Å². The first-order chi connectivity index (χ1) is 25.2. The molecule has 4 heteroatoms. The van der Waals surface area contributed by atoms with Crippen molar-refractivity contribution in [2.24, 2.45) is 0 Å². The highest BCUT2D eigenvalue weighted by Gasteiger charge is 2.24. The molecule has 2 heterocycles. The van der Waals surface area contributed by atoms with Gasteiger partial charge < -0.3 is 0 Å². The zero-order chi connectivity index (χ0) is 33.5. The standard InChI is InChI=1S/C47H27N3S/c1-2-9-28(10-3-1)30-19-22-32(23-20-30)45-48-46(34-24-21-29-11-4-5-12-33(29)25-34)50-47(49-45)37-17-8-18-41-44(37)40-26-38-35-15-6-13-31-14-7-16-36(43(31)35)39(38)27-42(40)51-41/h1-27H. The zero-order valence-corrected chi connectivity index (χ0v) is 28.2. The highest BCUT2D eigenvalue weighted by atomic mass is 32.1. The summed E-state index contributed by atoms with van der Waals surface area (Å²) in [5, 5.41) is 7.39. The second kappa shape index (κ2) is 11.0. The van der Waals surface area contributed by atoms with Gasteiger partial charge in [-0.05, 0) is 79.2 Å². The Morgan fingerprint density at radius 3 is 1.71 bits per heavy atom. The Bertz CT molecular complexity index is 3010. The van der Waals surface area contributed by atoms with E-state index in [9.17, 15) is 0 Å². The molecular formula is C47H27N3S. The summed E-state index contributed by atoms with van der Waals surface area (Å²) in [5.41, 5.74) is 10.5. The van der Waals surface area contributed by atoms with Crippen LogP contribution in [0, 0.1) is 0 Å². The van der Waals surface area contributed by atoms with Crippen LogP contribution < -0.4 is 0 Å². The minimum absolute atomic E-state index is 0.655. The molecular weight excluding hydrogens is 639 g/mol. The second-order valence-corrected chi connectivity index (χ2v) is 14.3. The summed E-state index contributed by atoms with van der Waals surface area (Å²) in [4.78, 5) is 15.6. The minimum atomic E-state index is 0.655. The van der Waals surface area contributed by atoms with Crippen molar-refractivity contribution in [2.75, 3.05) is 0 Å². The van der Waals surface area contributed by atoms with E-state index in [4.69, 9.17) is 15.0 Å². The summed E-state index contributed by atoms with van der Waals surface area (Å²) < 4.78 is 2.49. The fourth-order valence-electron chi connectivity index (χ4n) is 7.82. The Kier molecular flexibility index (Phi) is 6.12. The van der Waals surface area contributed by atoms with E-state index in [2.05, 4.69) is 158 Å². The molecule has 11 rings (SSSR count). The molecule has 10 aromatic rings. The van der Waals surface area contributed by atoms with Gasteiger partial charge in [0.1, 0.15) is 0 Å². The monoisotopic (exact) mass is 665 g/mol. The van der Waals surface area contributed by atoms with Crippen LogP contribution in [0.3, 0.4) is 0 Å². The summed E-state index contributed by atoms with van der Waals surface area (Å²) in [6.07, 6.45) is 0. The van der Waals surface area contributed by atoms with Gasteiger partial charge >= 0.3 is 0 Å². The van der Waals surface area contributed by atoms with Crippen LogP contribution >= 0.6 is 11.3 Å². The first kappa shape index (κ1) is 28.4. The van der Waals surface area contributed by atoms with Crippen LogP contribution in [0.4, 0.5) is 0 Å². The number of hydrogen-bond acceptors (Lipinski definition) is 4. The predicted octanol–water partition coefficient (Wildman–Crippen LogP) is 12.9. The molecule has 0 radical (unpaired) electrons. The zero-order valence-electron chi connectivity index (χ0n) is 27.3. The van der Waals surface area contributed by atoms with Gasteiger partial charge in [-0.2, -0.15) is 0 Å². The third-order valence-electron chi connectivity index (χ3n) is 10.3. The molecule has 51 heavy (non-hydrogen) atoms. The summed E-state index contributed by atoms with van der Waals surface area (Å²) in [6.45, 7) is 0. The molecule has 0 fully saturated rings. The summed E-state index contributed by atoms with van der Waals surface area (Å²) >= 11 is 1.84. The van der Waals surface area contributed by atoms with E-state index in [0.717, 1.165) is 27.6 Å². The van der Waals surface area contributed by atoms with Gasteiger partial charge in [0.2, 0.25) is 0 Å². The smallest absolute Gasteiger partial charge is 0.164 e. The Labute approximate surface area is 298 Å². The summed E-state index contributed by atoms with van der Waals surface area (Å²) in [7, 11) is 0. The van der Waals surface area contributed by atoms with Gasteiger partial charge in [0.25, 0.3) is 0 Å². The molecule has 3 nitrogen and oxygen atoms in total. The van der Waals surface area contributed by atoms with E-state index >= 15 is 0 Å². The van der Waals surface area contributed by atoms with E-state index in [-0.39, 0.29) is 0 Å². The van der Waals surface area contributed by atoms with Crippen LogP contribution in [-0.2, 0) is 0 Å². The molecule has 0 saturated carbocycles. The van der Waals surface area contributed by atoms with Gasteiger partial charge in [-0.15, -0.1) is 11.3 Å². The molecule has 8 aromatic carbocycles. The van der Waals surface area contributed by atoms with E-state index in [1.807, 2.05) is 17.4 Å². The van der Waals surface area contributed by atoms with Crippen molar-refractivity contribution in [3.63, 3.8) is 0 Å². The topological polar surface area (TPSA) is 38.7 Å². The average molecular weight is 666 g/mol. The number of thiophene rings is 1. The molecule has 0 spiro atoms. The van der Waals surface area contributed by atoms with Crippen molar-refractivity contribution in [1.29, 1.82) is 0 Å². The van der Waals surface area contributed by atoms with Crippen LogP contribution in [-0.4, -0.2) is 15.0 Å². The van der Waals surface area contributed by atoms with Crippen LogP contribution in [0.25, 0.3) is 109 Å². The SMILES string of the molecule is c1ccc(-c2ccc(-c3nc(-c4ccc5ccccc5c4)nc(-c4cccc5sc6cc7c(cc6c45)-c4cccc5cccc-7c45)n3)cc2)cc1. The number of benzene rings is 8. The average Bonchev–Trinajstić information content (AvgIpc) is 3.73. The third kappa shape index (κ3) is 4.47. The van der Waals surface area contributed by atoms with Gasteiger partial charge in [0.05, 0.1) is 0 Å². The number of fused-ring (bicyclic) bond motifs is 7. The molecule has 0 saturated heterocycles. The minimum Gasteiger partial charge on any atom is -0.208 e. The number of nitrogens with zero attached hydrogens (tertiary/aromatic N) is 3. The highest BCUT2D eigenvalue weighted by molar-refractivity contribution is 7.26. The van der Waals surface area contributed by atoms with Crippen molar-refractivity contribution >= 4 is 53.1 Å². The maximum absolute atomic E-state index is 5.23. The van der Waals surface area contributed by atoms with E-state index < -0.39 is 0 Å². The molecule has 0 amide bonds. The molecule has 0 bridgehead atoms. The quantitative estimate of drug-likeness (QED) is 0.188. The molecule has 2 aromatic heterocycles. The molecule has 236 valence electrons. The van der Waals surface area contributed by atoms with E-state index in [1.54, 1.807) is 0 Å². The Balaban J connectivity index is 1.13. The lowest BCUT2D eigenvalue weighted by Crippen LogP contribution is -2.00. The van der Waals surface area contributed by atoms with Gasteiger partial charge in [0.15, 0.2) is 17.5 Å². The lowest BCUT2D eigenvalue weighted by molar-refractivity contribution is 1.08. The lowest BCUT2D eigenvalue weighted by Gasteiger charge is -2.11. The molecule has 1 aliphatic rings. The van der Waals surface area contributed by atoms with Gasteiger partial charge in [0, 0.05) is 36.9 Å². The fourth-order valence-corrected chi connectivity index (χ4v) is 8.97. The number of rotatable bonds is 4. The normalized spacial score (nSPS) is 11.9. The lowest BCUT2D eigenvalue weighted by atomic mass is 9.99. The van der Waals surface area contributed by atoms with Crippen molar-refractivity contribution in [2.45, 2.75) is 0 Å². The van der Waals surface area contributed by atoms with Crippen molar-refractivity contribution < 1.29 is 0 Å². The Hall–Kier alpha value is -6.49. The second-order valence-electron chi connectivity index (χ2n) is 13.2. The summed E-state index contributed by atoms with van der Waals surface area (Å²) in [6, 6.07) is 58.4.